The molecule has 1 radical (unpaired) electrons. The smallest absolute Gasteiger partial charge is 0.356 e. The number of nitrogens with zero attached hydrogens (tertiary/aromatic N) is 2. The molecule has 0 amide bonds. The van der Waals surface area contributed by atoms with Crippen LogP contribution in [0.2, 0.25) is 0 Å². The van der Waals surface area contributed by atoms with Crippen molar-refractivity contribution < 1.29 is 14.7 Å². The minimum absolute atomic E-state index is 0.278. The van der Waals surface area contributed by atoms with E-state index in [-0.39, 0.29) is 11.4 Å². The Morgan fingerprint density at radius 2 is 2.09 bits per heavy atom. The Balaban J connectivity index is 3.22. The van der Waals surface area contributed by atoms with Gasteiger partial charge in [-0.15, -0.1) is 0 Å². The Morgan fingerprint density at radius 1 is 1.45 bits per heavy atom. The maximum absolute atomic E-state index is 10.3. The van der Waals surface area contributed by atoms with E-state index in [2.05, 4.69) is 9.97 Å². The second kappa shape index (κ2) is 2.87. The predicted molar refractivity (Wildman–Crippen MR) is 33.8 cm³/mol. The number of carboxylic acids is 1. The summed E-state index contributed by atoms with van der Waals surface area (Å²) in [6.07, 6.45) is 3.80. The van der Waals surface area contributed by atoms with E-state index in [1.807, 2.05) is 0 Å². The normalized spacial score (nSPS) is 9.09. The maximum Gasteiger partial charge on any atom is 0.356 e. The molecule has 5 nitrogen and oxygen atoms in total. The molecule has 0 unspecified atom stereocenters. The number of hydrogen-bond acceptors (Lipinski definition) is 4. The fourth-order valence-electron chi connectivity index (χ4n) is 0.569. The molecule has 0 saturated heterocycles. The summed E-state index contributed by atoms with van der Waals surface area (Å²) in [6, 6.07) is 0. The molecule has 1 N–H and O–H groups in total. The fraction of sp³-hybridized carbons (Fsp3) is 0. The SMILES string of the molecule is O=[C]c1nccnc1C(=O)O. The largest absolute Gasteiger partial charge is 0.476 e. The molecule has 0 aromatic carbocycles. The Labute approximate surface area is 61.7 Å². The number of aromatic carboxylic acids is 1. The van der Waals surface area contributed by atoms with E-state index in [1.165, 1.54) is 18.7 Å². The molecule has 0 aliphatic carbocycles. The summed E-state index contributed by atoms with van der Waals surface area (Å²) in [5.74, 6) is -1.28. The van der Waals surface area contributed by atoms with E-state index in [1.54, 1.807) is 0 Å². The van der Waals surface area contributed by atoms with Crippen molar-refractivity contribution in [3.63, 3.8) is 0 Å². The molecule has 0 saturated carbocycles. The topological polar surface area (TPSA) is 80.2 Å². The van der Waals surface area contributed by atoms with Gasteiger partial charge in [0.15, 0.2) is 5.69 Å². The Bertz CT molecular complexity index is 298. The summed E-state index contributed by atoms with van der Waals surface area (Å²) >= 11 is 0. The molecule has 5 heteroatoms. The average molecular weight is 151 g/mol. The van der Waals surface area contributed by atoms with Gasteiger partial charge in [0.05, 0.1) is 0 Å². The van der Waals surface area contributed by atoms with Gasteiger partial charge in [-0.3, -0.25) is 4.79 Å². The number of rotatable bonds is 2. The fourth-order valence-corrected chi connectivity index (χ4v) is 0.569. The van der Waals surface area contributed by atoms with E-state index in [0.29, 0.717) is 0 Å². The summed E-state index contributed by atoms with van der Waals surface area (Å²) in [6.45, 7) is 0. The molecule has 0 spiro atoms. The van der Waals surface area contributed by atoms with Crippen molar-refractivity contribution in [3.05, 3.63) is 23.8 Å². The standard InChI is InChI=1S/C6H3N2O3/c9-3-4-5(6(10)11)8-2-1-7-4/h1-2H,(H,10,11). The van der Waals surface area contributed by atoms with Gasteiger partial charge >= 0.3 is 5.97 Å². The van der Waals surface area contributed by atoms with Crippen LogP contribution in [-0.4, -0.2) is 27.3 Å². The van der Waals surface area contributed by atoms with Gasteiger partial charge in [0, 0.05) is 12.4 Å². The second-order valence-corrected chi connectivity index (χ2v) is 1.66. The lowest BCUT2D eigenvalue weighted by Gasteiger charge is -1.92. The van der Waals surface area contributed by atoms with Gasteiger partial charge in [-0.25, -0.2) is 14.8 Å². The highest BCUT2D eigenvalue weighted by molar-refractivity contribution is 5.93. The Morgan fingerprint density at radius 3 is 2.55 bits per heavy atom. The number of carbonyl (C=O) groups is 1. The van der Waals surface area contributed by atoms with Crippen LogP contribution in [0.5, 0.6) is 0 Å². The first kappa shape index (κ1) is 7.33. The quantitative estimate of drug-likeness (QED) is 0.623. The second-order valence-electron chi connectivity index (χ2n) is 1.66. The van der Waals surface area contributed by atoms with Gasteiger partial charge in [0.25, 0.3) is 6.29 Å². The molecule has 1 rings (SSSR count). The van der Waals surface area contributed by atoms with Crippen molar-refractivity contribution in [3.8, 4) is 0 Å². The zero-order valence-corrected chi connectivity index (χ0v) is 5.31. The first-order valence-corrected chi connectivity index (χ1v) is 2.68. The molecule has 0 fully saturated rings. The number of hydrogen-bond donors (Lipinski definition) is 1. The molecule has 1 heterocycles. The zero-order chi connectivity index (χ0) is 8.27. The van der Waals surface area contributed by atoms with E-state index in [4.69, 9.17) is 5.11 Å². The van der Waals surface area contributed by atoms with Crippen LogP contribution in [0.4, 0.5) is 0 Å². The third-order valence-corrected chi connectivity index (χ3v) is 0.997. The molecule has 0 aliphatic rings. The molecule has 1 aromatic heterocycles. The molecular weight excluding hydrogens is 148 g/mol. The van der Waals surface area contributed by atoms with Crippen LogP contribution in [0.15, 0.2) is 12.4 Å². The number of carbonyl (C=O) groups excluding carboxylic acids is 1. The van der Waals surface area contributed by atoms with Crippen LogP contribution in [0.3, 0.4) is 0 Å². The van der Waals surface area contributed by atoms with Gasteiger partial charge in [0.2, 0.25) is 0 Å². The third kappa shape index (κ3) is 1.37. The molecule has 55 valence electrons. The number of carboxylic acid groups (broad SMARTS) is 1. The minimum Gasteiger partial charge on any atom is -0.476 e. The zero-order valence-electron chi connectivity index (χ0n) is 5.31. The van der Waals surface area contributed by atoms with E-state index < -0.39 is 5.97 Å². The minimum atomic E-state index is -1.28. The van der Waals surface area contributed by atoms with Gasteiger partial charge < -0.3 is 5.11 Å². The Hall–Kier alpha value is -1.78. The monoisotopic (exact) mass is 151 g/mol. The van der Waals surface area contributed by atoms with Crippen molar-refractivity contribution >= 4 is 12.3 Å². The first-order valence-electron chi connectivity index (χ1n) is 2.68. The van der Waals surface area contributed by atoms with Crippen LogP contribution in [0.1, 0.15) is 16.2 Å². The molecule has 11 heavy (non-hydrogen) atoms. The van der Waals surface area contributed by atoms with Crippen molar-refractivity contribution in [2.75, 3.05) is 0 Å². The van der Waals surface area contributed by atoms with Crippen LogP contribution in [0.25, 0.3) is 0 Å². The molecule has 0 atom stereocenters. The highest BCUT2D eigenvalue weighted by Gasteiger charge is 2.11. The molecule has 0 aliphatic heterocycles. The third-order valence-electron chi connectivity index (χ3n) is 0.997. The van der Waals surface area contributed by atoms with Crippen LogP contribution >= 0.6 is 0 Å². The highest BCUT2D eigenvalue weighted by atomic mass is 16.4. The van der Waals surface area contributed by atoms with Gasteiger partial charge in [0.1, 0.15) is 5.69 Å². The molecule has 1 aromatic rings. The van der Waals surface area contributed by atoms with Crippen LogP contribution in [-0.2, 0) is 4.79 Å². The lowest BCUT2D eigenvalue weighted by molar-refractivity contribution is 0.0689. The van der Waals surface area contributed by atoms with Gasteiger partial charge in [-0.2, -0.15) is 0 Å². The van der Waals surface area contributed by atoms with E-state index in [9.17, 15) is 9.59 Å². The summed E-state index contributed by atoms with van der Waals surface area (Å²) in [7, 11) is 0. The van der Waals surface area contributed by atoms with E-state index >= 15 is 0 Å². The van der Waals surface area contributed by atoms with Crippen molar-refractivity contribution in [2.24, 2.45) is 0 Å². The number of aromatic nitrogens is 2. The summed E-state index contributed by atoms with van der Waals surface area (Å²) < 4.78 is 0. The van der Waals surface area contributed by atoms with Gasteiger partial charge in [-0.05, 0) is 0 Å². The highest BCUT2D eigenvalue weighted by Crippen LogP contribution is 1.96. The predicted octanol–water partition coefficient (Wildman–Crippen LogP) is -0.367. The Kier molecular flexibility index (Phi) is 1.91. The lowest BCUT2D eigenvalue weighted by atomic mass is 10.3. The van der Waals surface area contributed by atoms with Crippen molar-refractivity contribution in [1.29, 1.82) is 0 Å². The maximum atomic E-state index is 10.3. The van der Waals surface area contributed by atoms with E-state index in [0.717, 1.165) is 0 Å². The summed E-state index contributed by atoms with van der Waals surface area (Å²) in [4.78, 5) is 27.2. The molecular formula is C6H3N2O3. The van der Waals surface area contributed by atoms with Crippen molar-refractivity contribution in [2.45, 2.75) is 0 Å². The summed E-state index contributed by atoms with van der Waals surface area (Å²) in [5, 5.41) is 8.42. The first-order chi connectivity index (χ1) is 5.25. The van der Waals surface area contributed by atoms with Crippen molar-refractivity contribution in [1.82, 2.24) is 9.97 Å². The van der Waals surface area contributed by atoms with Crippen LogP contribution < -0.4 is 0 Å². The van der Waals surface area contributed by atoms with Gasteiger partial charge in [-0.1, -0.05) is 0 Å². The lowest BCUT2D eigenvalue weighted by Crippen LogP contribution is -2.06. The average Bonchev–Trinajstić information content (AvgIpc) is 2.04. The molecule has 0 bridgehead atoms. The summed E-state index contributed by atoms with van der Waals surface area (Å²) in [5.41, 5.74) is -0.650. The van der Waals surface area contributed by atoms with Crippen LogP contribution in [0, 0.1) is 0 Å².